The van der Waals surface area contributed by atoms with Crippen molar-refractivity contribution in [2.45, 2.75) is 30.6 Å². The summed E-state index contributed by atoms with van der Waals surface area (Å²) >= 11 is 0. The molecule has 0 unspecified atom stereocenters. The Morgan fingerprint density at radius 2 is 1.90 bits per heavy atom. The fraction of sp³-hybridized carbons (Fsp3) is 0.350. The molecule has 1 fully saturated rings. The van der Waals surface area contributed by atoms with Crippen LogP contribution in [0.4, 0.5) is 5.69 Å². The summed E-state index contributed by atoms with van der Waals surface area (Å²) < 4.78 is 36.6. The fourth-order valence-electron chi connectivity index (χ4n) is 3.62. The smallest absolute Gasteiger partial charge is 0.339 e. The first-order chi connectivity index (χ1) is 13.7. The van der Waals surface area contributed by atoms with E-state index in [1.165, 1.54) is 19.2 Å². The highest BCUT2D eigenvalue weighted by Crippen LogP contribution is 2.41. The van der Waals surface area contributed by atoms with E-state index in [0.29, 0.717) is 24.5 Å². The zero-order valence-electron chi connectivity index (χ0n) is 16.5. The van der Waals surface area contributed by atoms with Gasteiger partial charge in [0.1, 0.15) is 4.90 Å². The molecule has 29 heavy (non-hydrogen) atoms. The summed E-state index contributed by atoms with van der Waals surface area (Å²) in [6, 6.07) is 9.61. The van der Waals surface area contributed by atoms with Crippen LogP contribution in [-0.4, -0.2) is 39.5 Å². The maximum Gasteiger partial charge on any atom is 0.339 e. The van der Waals surface area contributed by atoms with Gasteiger partial charge in [-0.3, -0.25) is 5.41 Å². The molecule has 3 rings (SSSR count). The maximum atomic E-state index is 12.8. The van der Waals surface area contributed by atoms with Crippen LogP contribution in [0, 0.1) is 12.3 Å². The van der Waals surface area contributed by atoms with Gasteiger partial charge in [0.2, 0.25) is 0 Å². The minimum atomic E-state index is -4.07. The molecule has 1 saturated heterocycles. The maximum absolute atomic E-state index is 12.8. The molecule has 0 bridgehead atoms. The second-order valence-corrected chi connectivity index (χ2v) is 8.69. The third-order valence-corrected chi connectivity index (χ3v) is 6.28. The van der Waals surface area contributed by atoms with Crippen molar-refractivity contribution in [3.05, 3.63) is 47.5 Å². The van der Waals surface area contributed by atoms with Crippen LogP contribution >= 0.6 is 0 Å². The number of hydrogen-bond donors (Lipinski definition) is 3. The number of piperidine rings is 1. The lowest BCUT2D eigenvalue weighted by Gasteiger charge is -2.33. The van der Waals surface area contributed by atoms with Gasteiger partial charge in [-0.2, -0.15) is 8.42 Å². The Morgan fingerprint density at radius 3 is 2.48 bits per heavy atom. The van der Waals surface area contributed by atoms with Gasteiger partial charge in [0.15, 0.2) is 17.5 Å². The Bertz CT molecular complexity index is 1020. The summed E-state index contributed by atoms with van der Waals surface area (Å²) in [5, 5.41) is 7.58. The molecule has 1 heterocycles. The summed E-state index contributed by atoms with van der Waals surface area (Å²) in [4.78, 5) is 1.80. The summed E-state index contributed by atoms with van der Waals surface area (Å²) in [5.74, 6) is 0.776. The molecule has 0 aliphatic carbocycles. The summed E-state index contributed by atoms with van der Waals surface area (Å²) in [5.41, 5.74) is 13.4. The van der Waals surface area contributed by atoms with Gasteiger partial charge < -0.3 is 25.3 Å². The first kappa shape index (κ1) is 20.8. The van der Waals surface area contributed by atoms with Crippen LogP contribution < -0.4 is 20.4 Å². The Kier molecular flexibility index (Phi) is 5.88. The van der Waals surface area contributed by atoms with E-state index in [1.807, 2.05) is 17.9 Å². The number of benzene rings is 2. The SMILES string of the molecule is COc1c(OS(=O)(=O)c2cccc(N)c2)cc(C)cc1C1CCN(C(=N)N)CC1. The fourth-order valence-corrected chi connectivity index (χ4v) is 4.60. The average molecular weight is 419 g/mol. The van der Waals surface area contributed by atoms with Crippen LogP contribution in [0.15, 0.2) is 41.3 Å². The molecule has 0 amide bonds. The first-order valence-corrected chi connectivity index (χ1v) is 10.7. The predicted molar refractivity (Wildman–Crippen MR) is 112 cm³/mol. The number of hydrogen-bond acceptors (Lipinski definition) is 6. The van der Waals surface area contributed by atoms with Gasteiger partial charge in [0.05, 0.1) is 7.11 Å². The third kappa shape index (κ3) is 4.56. The number of nitrogen functional groups attached to an aromatic ring is 1. The average Bonchev–Trinajstić information content (AvgIpc) is 2.67. The van der Waals surface area contributed by atoms with Crippen molar-refractivity contribution in [3.8, 4) is 11.5 Å². The van der Waals surface area contributed by atoms with Crippen molar-refractivity contribution in [2.24, 2.45) is 5.73 Å². The Morgan fingerprint density at radius 1 is 1.21 bits per heavy atom. The Labute approximate surface area is 171 Å². The van der Waals surface area contributed by atoms with Gasteiger partial charge in [0, 0.05) is 24.3 Å². The topological polar surface area (TPSA) is 132 Å². The van der Waals surface area contributed by atoms with E-state index in [1.54, 1.807) is 18.2 Å². The summed E-state index contributed by atoms with van der Waals surface area (Å²) in [6.07, 6.45) is 1.56. The van der Waals surface area contributed by atoms with E-state index in [-0.39, 0.29) is 22.5 Å². The third-order valence-electron chi connectivity index (χ3n) is 5.05. The van der Waals surface area contributed by atoms with Crippen molar-refractivity contribution in [1.29, 1.82) is 5.41 Å². The number of likely N-dealkylation sites (tertiary alicyclic amines) is 1. The molecule has 0 aromatic heterocycles. The first-order valence-electron chi connectivity index (χ1n) is 9.29. The molecule has 1 aliphatic rings. The molecule has 156 valence electrons. The number of nitrogens with one attached hydrogen (secondary N) is 1. The standard InChI is InChI=1S/C20H26N4O4S/c1-13-10-17(14-6-8-24(9-7-14)20(22)23)19(27-2)18(11-13)28-29(25,26)16-5-3-4-15(21)12-16/h3-5,10-12,14H,6-9,21H2,1-2H3,(H3,22,23). The highest BCUT2D eigenvalue weighted by Gasteiger charge is 2.27. The zero-order chi connectivity index (χ0) is 21.2. The van der Waals surface area contributed by atoms with Gasteiger partial charge in [-0.05, 0) is 55.5 Å². The highest BCUT2D eigenvalue weighted by molar-refractivity contribution is 7.87. The number of methoxy groups -OCH3 is 1. The molecule has 2 aromatic rings. The van der Waals surface area contributed by atoms with Crippen LogP contribution in [0.1, 0.15) is 29.9 Å². The molecule has 0 saturated carbocycles. The van der Waals surface area contributed by atoms with E-state index in [4.69, 9.17) is 25.8 Å². The lowest BCUT2D eigenvalue weighted by molar-refractivity contribution is 0.301. The molecule has 0 radical (unpaired) electrons. The second kappa shape index (κ2) is 8.20. The molecule has 1 aliphatic heterocycles. The Hall–Kier alpha value is -2.94. The van der Waals surface area contributed by atoms with Gasteiger partial charge >= 0.3 is 10.1 Å². The molecule has 5 N–H and O–H groups in total. The molecule has 8 nitrogen and oxygen atoms in total. The van der Waals surface area contributed by atoms with Crippen molar-refractivity contribution < 1.29 is 17.3 Å². The van der Waals surface area contributed by atoms with Gasteiger partial charge in [-0.25, -0.2) is 0 Å². The molecular formula is C20H26N4O4S. The monoisotopic (exact) mass is 418 g/mol. The van der Waals surface area contributed by atoms with Crippen molar-refractivity contribution >= 4 is 21.8 Å². The van der Waals surface area contributed by atoms with Crippen LogP contribution in [0.25, 0.3) is 0 Å². The largest absolute Gasteiger partial charge is 0.492 e. The van der Waals surface area contributed by atoms with Gasteiger partial charge in [-0.15, -0.1) is 0 Å². The van der Waals surface area contributed by atoms with E-state index < -0.39 is 10.1 Å². The molecule has 0 atom stereocenters. The molecular weight excluding hydrogens is 392 g/mol. The number of anilines is 1. The van der Waals surface area contributed by atoms with Crippen molar-refractivity contribution in [1.82, 2.24) is 4.90 Å². The number of guanidine groups is 1. The zero-order valence-corrected chi connectivity index (χ0v) is 17.3. The second-order valence-electron chi connectivity index (χ2n) is 7.14. The number of nitrogens with zero attached hydrogens (tertiary/aromatic N) is 1. The summed E-state index contributed by atoms with van der Waals surface area (Å²) in [6.45, 7) is 3.21. The minimum Gasteiger partial charge on any atom is -0.492 e. The summed E-state index contributed by atoms with van der Waals surface area (Å²) in [7, 11) is -2.57. The quantitative estimate of drug-likeness (QED) is 0.294. The number of ether oxygens (including phenoxy) is 1. The Balaban J connectivity index is 1.93. The van der Waals surface area contributed by atoms with Crippen LogP contribution in [0.2, 0.25) is 0 Å². The highest BCUT2D eigenvalue weighted by atomic mass is 32.2. The lowest BCUT2D eigenvalue weighted by atomic mass is 9.88. The van der Waals surface area contributed by atoms with E-state index >= 15 is 0 Å². The number of nitrogens with two attached hydrogens (primary N) is 2. The number of aryl methyl sites for hydroxylation is 1. The van der Waals surface area contributed by atoms with Gasteiger partial charge in [0.25, 0.3) is 0 Å². The van der Waals surface area contributed by atoms with Crippen LogP contribution in [-0.2, 0) is 10.1 Å². The van der Waals surface area contributed by atoms with Gasteiger partial charge in [-0.1, -0.05) is 12.1 Å². The lowest BCUT2D eigenvalue weighted by Crippen LogP contribution is -2.41. The molecule has 9 heteroatoms. The van der Waals surface area contributed by atoms with E-state index in [9.17, 15) is 8.42 Å². The predicted octanol–water partition coefficient (Wildman–Crippen LogP) is 2.43. The number of rotatable bonds is 5. The van der Waals surface area contributed by atoms with Crippen LogP contribution in [0.3, 0.4) is 0 Å². The van der Waals surface area contributed by atoms with Crippen LogP contribution in [0.5, 0.6) is 11.5 Å². The molecule has 0 spiro atoms. The van der Waals surface area contributed by atoms with Crippen molar-refractivity contribution in [2.75, 3.05) is 25.9 Å². The van der Waals surface area contributed by atoms with E-state index in [0.717, 1.165) is 24.0 Å². The van der Waals surface area contributed by atoms with E-state index in [2.05, 4.69) is 0 Å². The molecule has 2 aromatic carbocycles. The minimum absolute atomic E-state index is 0.0163. The van der Waals surface area contributed by atoms with Crippen molar-refractivity contribution in [3.63, 3.8) is 0 Å². The normalized spacial score (nSPS) is 15.2.